The summed E-state index contributed by atoms with van der Waals surface area (Å²) in [5.41, 5.74) is -0.252. The summed E-state index contributed by atoms with van der Waals surface area (Å²) in [6.07, 6.45) is 12.3. The van der Waals surface area contributed by atoms with Gasteiger partial charge in [-0.25, -0.2) is 0 Å². The quantitative estimate of drug-likeness (QED) is 0.544. The molecule has 174 valence electrons. The van der Waals surface area contributed by atoms with Gasteiger partial charge in [-0.05, 0) is 81.3 Å². The third-order valence-electron chi connectivity index (χ3n) is 8.18. The molecule has 1 atom stereocenters. The van der Waals surface area contributed by atoms with Gasteiger partial charge in [0, 0.05) is 19.7 Å². The fourth-order valence-corrected chi connectivity index (χ4v) is 7.23. The first-order chi connectivity index (χ1) is 15.5. The van der Waals surface area contributed by atoms with E-state index in [0.717, 1.165) is 44.5 Å². The van der Waals surface area contributed by atoms with Crippen molar-refractivity contribution in [3.63, 3.8) is 0 Å². The average Bonchev–Trinajstić information content (AvgIpc) is 3.46. The molecule has 6 rings (SSSR count). The van der Waals surface area contributed by atoms with Gasteiger partial charge in [0.1, 0.15) is 12.3 Å². The minimum atomic E-state index is -0.252. The van der Waals surface area contributed by atoms with E-state index < -0.39 is 0 Å². The summed E-state index contributed by atoms with van der Waals surface area (Å²) >= 11 is 0. The molecule has 4 saturated carbocycles. The molecule has 32 heavy (non-hydrogen) atoms. The Labute approximate surface area is 190 Å². The SMILES string of the molecule is C=CCN(CC(=O)N(Cc1ccco1)CC1CCCO1)C(=O)C12CC3CC(CC(C3)C1)C2. The van der Waals surface area contributed by atoms with Crippen molar-refractivity contribution in [2.45, 2.75) is 64.0 Å². The van der Waals surface area contributed by atoms with Crippen LogP contribution in [0.4, 0.5) is 0 Å². The van der Waals surface area contributed by atoms with Gasteiger partial charge in [-0.3, -0.25) is 9.59 Å². The predicted molar refractivity (Wildman–Crippen MR) is 120 cm³/mol. The summed E-state index contributed by atoms with van der Waals surface area (Å²) in [6, 6.07) is 3.72. The number of amides is 2. The Morgan fingerprint density at radius 1 is 1.12 bits per heavy atom. The van der Waals surface area contributed by atoms with Gasteiger partial charge in [-0.1, -0.05) is 6.08 Å². The molecule has 2 amide bonds. The zero-order valence-electron chi connectivity index (χ0n) is 19.0. The molecule has 1 aromatic rings. The summed E-state index contributed by atoms with van der Waals surface area (Å²) in [5.74, 6) is 2.97. The van der Waals surface area contributed by atoms with E-state index in [1.807, 2.05) is 12.1 Å². The molecule has 1 saturated heterocycles. The molecule has 6 nitrogen and oxygen atoms in total. The first-order valence-corrected chi connectivity index (χ1v) is 12.4. The number of furan rings is 1. The Bertz CT molecular complexity index is 792. The molecule has 1 aliphatic heterocycles. The Morgan fingerprint density at radius 2 is 1.84 bits per heavy atom. The van der Waals surface area contributed by atoms with Crippen LogP contribution in [0.15, 0.2) is 35.5 Å². The fourth-order valence-electron chi connectivity index (χ4n) is 7.23. The van der Waals surface area contributed by atoms with E-state index in [-0.39, 0.29) is 29.9 Å². The highest BCUT2D eigenvalue weighted by molar-refractivity contribution is 5.88. The molecule has 5 fully saturated rings. The normalized spacial score (nSPS) is 32.8. The topological polar surface area (TPSA) is 63.0 Å². The van der Waals surface area contributed by atoms with Crippen molar-refractivity contribution in [3.8, 4) is 0 Å². The summed E-state index contributed by atoms with van der Waals surface area (Å²) in [7, 11) is 0. The average molecular weight is 441 g/mol. The van der Waals surface area contributed by atoms with Gasteiger partial charge < -0.3 is 19.0 Å². The summed E-state index contributed by atoms with van der Waals surface area (Å²) in [5, 5.41) is 0. The zero-order valence-corrected chi connectivity index (χ0v) is 19.0. The molecule has 4 aliphatic carbocycles. The van der Waals surface area contributed by atoms with E-state index in [9.17, 15) is 9.59 Å². The molecule has 1 aromatic heterocycles. The molecular weight excluding hydrogens is 404 g/mol. The molecule has 1 unspecified atom stereocenters. The summed E-state index contributed by atoms with van der Waals surface area (Å²) in [4.78, 5) is 30.9. The third kappa shape index (κ3) is 4.39. The lowest BCUT2D eigenvalue weighted by Crippen LogP contribution is -2.56. The van der Waals surface area contributed by atoms with E-state index in [4.69, 9.17) is 9.15 Å². The highest BCUT2D eigenvalue weighted by Gasteiger charge is 2.55. The van der Waals surface area contributed by atoms with Crippen molar-refractivity contribution >= 4 is 11.8 Å². The first-order valence-electron chi connectivity index (χ1n) is 12.4. The lowest BCUT2D eigenvalue weighted by atomic mass is 9.49. The van der Waals surface area contributed by atoms with Crippen LogP contribution in [0.25, 0.3) is 0 Å². The van der Waals surface area contributed by atoms with E-state index in [2.05, 4.69) is 6.58 Å². The van der Waals surface area contributed by atoms with Gasteiger partial charge >= 0.3 is 0 Å². The molecular formula is C26H36N2O4. The minimum absolute atomic E-state index is 0.0446. The number of rotatable bonds is 9. The number of hydrogen-bond donors (Lipinski definition) is 0. The molecule has 5 aliphatic rings. The largest absolute Gasteiger partial charge is 0.467 e. The van der Waals surface area contributed by atoms with Crippen LogP contribution in [-0.2, 0) is 20.9 Å². The van der Waals surface area contributed by atoms with Crippen LogP contribution >= 0.6 is 0 Å². The Balaban J connectivity index is 1.30. The standard InChI is InChI=1S/C26H36N2O4/c1-2-7-27(25(30)26-13-19-10-20(14-26)12-21(11-19)15-26)18-24(29)28(16-22-5-3-8-31-22)17-23-6-4-9-32-23/h2-3,5,8,19-21,23H,1,4,6-7,9-18H2. The highest BCUT2D eigenvalue weighted by Crippen LogP contribution is 2.60. The maximum absolute atomic E-state index is 13.9. The number of carbonyl (C=O) groups is 2. The minimum Gasteiger partial charge on any atom is -0.467 e. The number of hydrogen-bond acceptors (Lipinski definition) is 4. The second-order valence-electron chi connectivity index (χ2n) is 10.7. The van der Waals surface area contributed by atoms with Crippen LogP contribution in [0, 0.1) is 23.2 Å². The molecule has 0 aromatic carbocycles. The van der Waals surface area contributed by atoms with Crippen LogP contribution in [0.2, 0.25) is 0 Å². The first kappa shape index (κ1) is 21.7. The Morgan fingerprint density at radius 3 is 2.41 bits per heavy atom. The highest BCUT2D eigenvalue weighted by atomic mass is 16.5. The molecule has 0 N–H and O–H groups in total. The smallest absolute Gasteiger partial charge is 0.242 e. The van der Waals surface area contributed by atoms with Gasteiger partial charge in [-0.2, -0.15) is 0 Å². The van der Waals surface area contributed by atoms with Crippen molar-refractivity contribution in [2.75, 3.05) is 26.2 Å². The number of carbonyl (C=O) groups excluding carboxylic acids is 2. The lowest BCUT2D eigenvalue weighted by Gasteiger charge is -2.56. The fraction of sp³-hybridized carbons (Fsp3) is 0.692. The third-order valence-corrected chi connectivity index (χ3v) is 8.18. The van der Waals surface area contributed by atoms with Gasteiger partial charge in [0.25, 0.3) is 0 Å². The second kappa shape index (κ2) is 9.05. The van der Waals surface area contributed by atoms with E-state index >= 15 is 0 Å². The maximum atomic E-state index is 13.9. The van der Waals surface area contributed by atoms with Crippen LogP contribution < -0.4 is 0 Å². The molecule has 0 spiro atoms. The maximum Gasteiger partial charge on any atom is 0.242 e. The van der Waals surface area contributed by atoms with Gasteiger partial charge in [0.05, 0.1) is 24.3 Å². The van der Waals surface area contributed by atoms with Gasteiger partial charge in [-0.15, -0.1) is 6.58 Å². The van der Waals surface area contributed by atoms with Crippen LogP contribution in [-0.4, -0.2) is 54.0 Å². The molecule has 0 radical (unpaired) electrons. The monoisotopic (exact) mass is 440 g/mol. The molecule has 6 heteroatoms. The number of nitrogens with zero attached hydrogens (tertiary/aromatic N) is 2. The van der Waals surface area contributed by atoms with Crippen LogP contribution in [0.5, 0.6) is 0 Å². The Hall–Kier alpha value is -2.08. The Kier molecular flexibility index (Phi) is 6.15. The van der Waals surface area contributed by atoms with Crippen molar-refractivity contribution in [1.29, 1.82) is 0 Å². The second-order valence-corrected chi connectivity index (χ2v) is 10.7. The van der Waals surface area contributed by atoms with E-state index in [1.165, 1.54) is 19.3 Å². The molecule has 2 heterocycles. The van der Waals surface area contributed by atoms with E-state index in [0.29, 0.717) is 37.4 Å². The lowest BCUT2D eigenvalue weighted by molar-refractivity contribution is -0.160. The predicted octanol–water partition coefficient (Wildman–Crippen LogP) is 4.02. The van der Waals surface area contributed by atoms with Gasteiger partial charge in [0.15, 0.2) is 0 Å². The van der Waals surface area contributed by atoms with Crippen molar-refractivity contribution in [2.24, 2.45) is 23.2 Å². The number of ether oxygens (including phenoxy) is 1. The van der Waals surface area contributed by atoms with Crippen LogP contribution in [0.3, 0.4) is 0 Å². The van der Waals surface area contributed by atoms with Crippen molar-refractivity contribution < 1.29 is 18.7 Å². The van der Waals surface area contributed by atoms with Gasteiger partial charge in [0.2, 0.25) is 11.8 Å². The summed E-state index contributed by atoms with van der Waals surface area (Å²) in [6.45, 7) is 6.07. The van der Waals surface area contributed by atoms with Crippen molar-refractivity contribution in [1.82, 2.24) is 9.80 Å². The molecule has 4 bridgehead atoms. The van der Waals surface area contributed by atoms with Crippen LogP contribution in [0.1, 0.15) is 57.1 Å². The summed E-state index contributed by atoms with van der Waals surface area (Å²) < 4.78 is 11.3. The van der Waals surface area contributed by atoms with Crippen molar-refractivity contribution in [3.05, 3.63) is 36.8 Å². The zero-order chi connectivity index (χ0) is 22.1. The van der Waals surface area contributed by atoms with E-state index in [1.54, 1.807) is 22.1 Å².